The summed E-state index contributed by atoms with van der Waals surface area (Å²) in [5, 5.41) is 0. The summed E-state index contributed by atoms with van der Waals surface area (Å²) in [6.07, 6.45) is 0. The number of hydrogen-bond acceptors (Lipinski definition) is 0. The molecule has 0 bridgehead atoms. The second-order valence-corrected chi connectivity index (χ2v) is 3.08. The molecule has 0 aliphatic heterocycles. The van der Waals surface area contributed by atoms with E-state index in [1.54, 1.807) is 6.07 Å². The van der Waals surface area contributed by atoms with E-state index in [2.05, 4.69) is 0 Å². The van der Waals surface area contributed by atoms with Gasteiger partial charge in [0.1, 0.15) is 13.7 Å². The molecule has 9 heavy (non-hydrogen) atoms. The fourth-order valence-electron chi connectivity index (χ4n) is 0.601. The molecule has 0 aliphatic carbocycles. The highest BCUT2D eigenvalue weighted by Crippen LogP contribution is 2.06. The largest absolute Gasteiger partial charge is 0.206 e. The molecular formula is C6H5BFI. The summed E-state index contributed by atoms with van der Waals surface area (Å²) in [5.41, 5.74) is 0.966. The zero-order valence-electron chi connectivity index (χ0n) is 4.99. The molecule has 3 heteroatoms. The summed E-state index contributed by atoms with van der Waals surface area (Å²) >= 11 is 1.97. The zero-order chi connectivity index (χ0) is 6.85. The van der Waals surface area contributed by atoms with Crippen LogP contribution in [-0.4, -0.2) is 7.85 Å². The Morgan fingerprint density at radius 1 is 1.44 bits per heavy atom. The van der Waals surface area contributed by atoms with Crippen LogP contribution in [0.25, 0.3) is 0 Å². The van der Waals surface area contributed by atoms with Crippen molar-refractivity contribution in [3.8, 4) is 0 Å². The van der Waals surface area contributed by atoms with E-state index in [0.717, 1.165) is 5.46 Å². The van der Waals surface area contributed by atoms with Crippen LogP contribution in [0.15, 0.2) is 18.2 Å². The third-order valence-corrected chi connectivity index (χ3v) is 1.95. The lowest BCUT2D eigenvalue weighted by Crippen LogP contribution is -2.02. The topological polar surface area (TPSA) is 0 Å². The van der Waals surface area contributed by atoms with Crippen molar-refractivity contribution in [1.82, 2.24) is 0 Å². The van der Waals surface area contributed by atoms with Gasteiger partial charge in [0.25, 0.3) is 0 Å². The van der Waals surface area contributed by atoms with Crippen LogP contribution >= 0.6 is 22.6 Å². The predicted octanol–water partition coefficient (Wildman–Crippen LogP) is 0.689. The highest BCUT2D eigenvalue weighted by Gasteiger charge is 1.94. The van der Waals surface area contributed by atoms with Crippen LogP contribution in [0.4, 0.5) is 4.39 Å². The summed E-state index contributed by atoms with van der Waals surface area (Å²) in [7, 11) is 1.87. The average molecular weight is 234 g/mol. The summed E-state index contributed by atoms with van der Waals surface area (Å²) in [5.74, 6) is -0.129. The first-order valence-electron chi connectivity index (χ1n) is 2.62. The summed E-state index contributed by atoms with van der Waals surface area (Å²) in [6.45, 7) is 0. The highest BCUT2D eigenvalue weighted by molar-refractivity contribution is 14.1. The van der Waals surface area contributed by atoms with Gasteiger partial charge >= 0.3 is 0 Å². The molecule has 0 nitrogen and oxygen atoms in total. The maximum atomic E-state index is 12.6. The molecule has 0 unspecified atom stereocenters. The quantitative estimate of drug-likeness (QED) is 0.457. The number of halogens is 2. The van der Waals surface area contributed by atoms with Crippen LogP contribution in [0, 0.1) is 9.39 Å². The predicted molar refractivity (Wildman–Crippen MR) is 47.3 cm³/mol. The van der Waals surface area contributed by atoms with Crippen LogP contribution in [-0.2, 0) is 0 Å². The minimum absolute atomic E-state index is 0.129. The summed E-state index contributed by atoms with van der Waals surface area (Å²) in [4.78, 5) is 0. The fraction of sp³-hybridized carbons (Fsp3) is 0. The molecule has 0 saturated heterocycles. The molecule has 0 saturated carbocycles. The average Bonchev–Trinajstić information content (AvgIpc) is 1.80. The maximum Gasteiger partial charge on any atom is 0.139 e. The Bertz CT molecular complexity index is 224. The van der Waals surface area contributed by atoms with Crippen molar-refractivity contribution >= 4 is 35.9 Å². The molecular weight excluding hydrogens is 229 g/mol. The highest BCUT2D eigenvalue weighted by atomic mass is 127. The third kappa shape index (κ3) is 1.68. The van der Waals surface area contributed by atoms with E-state index in [-0.39, 0.29) is 5.82 Å². The molecule has 0 N–H and O–H groups in total. The van der Waals surface area contributed by atoms with Crippen LogP contribution < -0.4 is 5.46 Å². The first-order valence-corrected chi connectivity index (χ1v) is 3.69. The van der Waals surface area contributed by atoms with E-state index in [0.29, 0.717) is 3.57 Å². The first-order chi connectivity index (χ1) is 4.20. The van der Waals surface area contributed by atoms with Gasteiger partial charge in [0.05, 0.1) is 0 Å². The molecule has 1 aromatic carbocycles. The normalized spacial score (nSPS) is 9.56. The van der Waals surface area contributed by atoms with Crippen LogP contribution in [0.1, 0.15) is 0 Å². The summed E-state index contributed by atoms with van der Waals surface area (Å²) in [6, 6.07) is 5.19. The first kappa shape index (κ1) is 7.06. The van der Waals surface area contributed by atoms with Gasteiger partial charge in [-0.05, 0) is 34.7 Å². The molecule has 0 atom stereocenters. The Labute approximate surface area is 68.0 Å². The minimum Gasteiger partial charge on any atom is -0.206 e. The molecule has 0 aromatic heterocycles. The molecule has 0 aliphatic rings. The molecule has 0 heterocycles. The van der Waals surface area contributed by atoms with E-state index < -0.39 is 0 Å². The molecule has 0 amide bonds. The third-order valence-electron chi connectivity index (χ3n) is 1.08. The standard InChI is InChI=1S/C6H5BFI/c7-4-1-2-6(9)5(8)3-4/h1-3H,7H2. The number of hydrogen-bond donors (Lipinski definition) is 0. The SMILES string of the molecule is Bc1ccc(I)c(F)c1. The van der Waals surface area contributed by atoms with Crippen molar-refractivity contribution in [1.29, 1.82) is 0 Å². The van der Waals surface area contributed by atoms with Gasteiger partial charge in [-0.2, -0.15) is 0 Å². The van der Waals surface area contributed by atoms with Crippen LogP contribution in [0.5, 0.6) is 0 Å². The Morgan fingerprint density at radius 3 is 2.56 bits per heavy atom. The second-order valence-electron chi connectivity index (χ2n) is 1.92. The van der Waals surface area contributed by atoms with E-state index in [4.69, 9.17) is 0 Å². The lowest BCUT2D eigenvalue weighted by atomic mass is 9.97. The molecule has 0 spiro atoms. The van der Waals surface area contributed by atoms with Gasteiger partial charge in [-0.3, -0.25) is 0 Å². The Balaban J connectivity index is 3.17. The fourth-order valence-corrected chi connectivity index (χ4v) is 0.937. The van der Waals surface area contributed by atoms with E-state index >= 15 is 0 Å². The smallest absolute Gasteiger partial charge is 0.139 e. The van der Waals surface area contributed by atoms with E-state index in [1.165, 1.54) is 6.07 Å². The lowest BCUT2D eigenvalue weighted by Gasteiger charge is -1.93. The molecule has 0 radical (unpaired) electrons. The monoisotopic (exact) mass is 234 g/mol. The molecule has 0 fully saturated rings. The summed E-state index contributed by atoms with van der Waals surface area (Å²) < 4.78 is 13.3. The Hall–Kier alpha value is -0.0551. The van der Waals surface area contributed by atoms with Gasteiger partial charge in [-0.1, -0.05) is 11.5 Å². The van der Waals surface area contributed by atoms with Gasteiger partial charge < -0.3 is 0 Å². The van der Waals surface area contributed by atoms with Crippen LogP contribution in [0.2, 0.25) is 0 Å². The lowest BCUT2D eigenvalue weighted by molar-refractivity contribution is 0.621. The van der Waals surface area contributed by atoms with Crippen molar-refractivity contribution in [2.24, 2.45) is 0 Å². The van der Waals surface area contributed by atoms with Gasteiger partial charge in [0, 0.05) is 3.57 Å². The van der Waals surface area contributed by atoms with Crippen molar-refractivity contribution in [2.45, 2.75) is 0 Å². The van der Waals surface area contributed by atoms with Crippen LogP contribution in [0.3, 0.4) is 0 Å². The van der Waals surface area contributed by atoms with Crippen molar-refractivity contribution in [2.75, 3.05) is 0 Å². The number of benzene rings is 1. The van der Waals surface area contributed by atoms with Crippen molar-refractivity contribution in [3.05, 3.63) is 27.6 Å². The minimum atomic E-state index is -0.129. The molecule has 46 valence electrons. The Kier molecular flexibility index (Phi) is 2.11. The van der Waals surface area contributed by atoms with Gasteiger partial charge in [-0.25, -0.2) is 4.39 Å². The van der Waals surface area contributed by atoms with Crippen molar-refractivity contribution < 1.29 is 4.39 Å². The number of rotatable bonds is 0. The van der Waals surface area contributed by atoms with E-state index in [9.17, 15) is 4.39 Å². The maximum absolute atomic E-state index is 12.6. The Morgan fingerprint density at radius 2 is 2.11 bits per heavy atom. The van der Waals surface area contributed by atoms with Crippen molar-refractivity contribution in [3.63, 3.8) is 0 Å². The van der Waals surface area contributed by atoms with Gasteiger partial charge in [-0.15, -0.1) is 0 Å². The zero-order valence-corrected chi connectivity index (χ0v) is 7.15. The van der Waals surface area contributed by atoms with Gasteiger partial charge in [0.2, 0.25) is 0 Å². The second kappa shape index (κ2) is 2.69. The van der Waals surface area contributed by atoms with Gasteiger partial charge in [0.15, 0.2) is 0 Å². The molecule has 1 rings (SSSR count). The molecule has 1 aromatic rings. The van der Waals surface area contributed by atoms with E-state index in [1.807, 2.05) is 36.5 Å².